The van der Waals surface area contributed by atoms with E-state index in [0.717, 1.165) is 0 Å². The minimum absolute atomic E-state index is 0.00797. The number of nitrogens with zero attached hydrogens (tertiary/aromatic N) is 2. The van der Waals surface area contributed by atoms with Crippen LogP contribution >= 0.6 is 15.9 Å². The lowest BCUT2D eigenvalue weighted by Gasteiger charge is -2.39. The molecule has 3 heterocycles. The molecule has 1 aliphatic rings. The van der Waals surface area contributed by atoms with Crippen molar-refractivity contribution in [1.29, 1.82) is 0 Å². The van der Waals surface area contributed by atoms with Crippen molar-refractivity contribution in [2.75, 3.05) is 20.2 Å². The van der Waals surface area contributed by atoms with Crippen LogP contribution in [-0.4, -0.2) is 53.1 Å². The molecule has 0 aromatic carbocycles. The molecule has 0 atom stereocenters. The van der Waals surface area contributed by atoms with E-state index in [0.29, 0.717) is 29.0 Å². The maximum atomic E-state index is 12.4. The van der Waals surface area contributed by atoms with Crippen molar-refractivity contribution in [3.63, 3.8) is 0 Å². The number of aryl methyl sites for hydroxylation is 1. The van der Waals surface area contributed by atoms with Gasteiger partial charge in [-0.05, 0) is 28.9 Å². The minimum atomic E-state index is -0.553. The first-order valence-electron chi connectivity index (χ1n) is 7.39. The Balaban J connectivity index is 1.62. The van der Waals surface area contributed by atoms with Crippen molar-refractivity contribution >= 4 is 27.7 Å². The summed E-state index contributed by atoms with van der Waals surface area (Å²) in [5.41, 5.74) is -0.173. The number of pyridine rings is 1. The number of nitrogens with one attached hydrogen (secondary N) is 2. The van der Waals surface area contributed by atoms with E-state index in [9.17, 15) is 14.4 Å². The lowest BCUT2D eigenvalue weighted by atomic mass is 10.1. The summed E-state index contributed by atoms with van der Waals surface area (Å²) in [6.07, 6.45) is 1.48. The summed E-state index contributed by atoms with van der Waals surface area (Å²) in [6.45, 7) is 2.17. The number of amides is 2. The van der Waals surface area contributed by atoms with Crippen molar-refractivity contribution < 1.29 is 18.8 Å². The van der Waals surface area contributed by atoms with Crippen LogP contribution in [0.3, 0.4) is 0 Å². The molecule has 132 valence electrons. The summed E-state index contributed by atoms with van der Waals surface area (Å²) in [5, 5.41) is 4.96. The zero-order valence-electron chi connectivity index (χ0n) is 13.5. The number of likely N-dealkylation sites (tertiary alicyclic amines) is 1. The maximum Gasteiger partial charge on any atom is 0.293 e. The molecule has 0 unspecified atom stereocenters. The predicted octanol–water partition coefficient (Wildman–Crippen LogP) is 0.697. The molecular weight excluding hydrogens is 396 g/mol. The second kappa shape index (κ2) is 6.71. The first-order valence-corrected chi connectivity index (χ1v) is 8.18. The van der Waals surface area contributed by atoms with E-state index in [-0.39, 0.29) is 23.3 Å². The van der Waals surface area contributed by atoms with E-state index in [1.807, 2.05) is 0 Å². The number of hydrogen-bond donors (Lipinski definition) is 2. The molecule has 0 saturated carbocycles. The van der Waals surface area contributed by atoms with Gasteiger partial charge < -0.3 is 19.5 Å². The average Bonchev–Trinajstić information content (AvgIpc) is 2.88. The van der Waals surface area contributed by atoms with Crippen LogP contribution in [0.15, 0.2) is 26.1 Å². The molecule has 1 saturated heterocycles. The van der Waals surface area contributed by atoms with Gasteiger partial charge in [-0.15, -0.1) is 0 Å². The zero-order chi connectivity index (χ0) is 18.1. The molecule has 3 rings (SSSR count). The van der Waals surface area contributed by atoms with E-state index in [1.165, 1.54) is 18.2 Å². The highest BCUT2D eigenvalue weighted by Gasteiger charge is 2.35. The molecular formula is C15H15BrN4O5. The van der Waals surface area contributed by atoms with Crippen LogP contribution < -0.4 is 15.6 Å². The maximum absolute atomic E-state index is 12.4. The first-order chi connectivity index (χ1) is 11.9. The molecule has 1 aliphatic heterocycles. The second-order valence-corrected chi connectivity index (χ2v) is 6.32. The van der Waals surface area contributed by atoms with Crippen LogP contribution in [0.25, 0.3) is 0 Å². The molecule has 1 fully saturated rings. The molecule has 0 spiro atoms. The summed E-state index contributed by atoms with van der Waals surface area (Å²) < 4.78 is 10.4. The number of aromatic amines is 1. The van der Waals surface area contributed by atoms with Crippen molar-refractivity contribution in [2.45, 2.75) is 13.0 Å². The topological polar surface area (TPSA) is 118 Å². The fourth-order valence-electron chi connectivity index (χ4n) is 2.53. The monoisotopic (exact) mass is 410 g/mol. The number of aromatic nitrogens is 2. The number of ether oxygens (including phenoxy) is 1. The Morgan fingerprint density at radius 2 is 2.20 bits per heavy atom. The van der Waals surface area contributed by atoms with Gasteiger partial charge in [-0.1, -0.05) is 0 Å². The Bertz CT molecular complexity index is 884. The number of rotatable bonds is 4. The van der Waals surface area contributed by atoms with E-state index >= 15 is 0 Å². The highest BCUT2D eigenvalue weighted by molar-refractivity contribution is 9.10. The van der Waals surface area contributed by atoms with Gasteiger partial charge in [0, 0.05) is 19.3 Å². The summed E-state index contributed by atoms with van der Waals surface area (Å²) >= 11 is 3.29. The van der Waals surface area contributed by atoms with Crippen molar-refractivity contribution in [3.8, 4) is 5.88 Å². The number of hydrogen-bond acceptors (Lipinski definition) is 6. The summed E-state index contributed by atoms with van der Waals surface area (Å²) in [5.74, 6) is -0.158. The number of carbonyl (C=O) groups excluding carboxylic acids is 2. The molecule has 0 radical (unpaired) electrons. The highest BCUT2D eigenvalue weighted by atomic mass is 79.9. The second-order valence-electron chi connectivity index (χ2n) is 5.53. The first kappa shape index (κ1) is 17.2. The van der Waals surface area contributed by atoms with Gasteiger partial charge in [0.1, 0.15) is 11.3 Å². The summed E-state index contributed by atoms with van der Waals surface area (Å²) in [6, 6.07) is 1.37. The Morgan fingerprint density at radius 1 is 1.48 bits per heavy atom. The van der Waals surface area contributed by atoms with Crippen molar-refractivity contribution in [1.82, 2.24) is 20.4 Å². The van der Waals surface area contributed by atoms with Crippen molar-refractivity contribution in [2.24, 2.45) is 0 Å². The van der Waals surface area contributed by atoms with Gasteiger partial charge >= 0.3 is 0 Å². The van der Waals surface area contributed by atoms with Gasteiger partial charge in [-0.25, -0.2) is 4.98 Å². The predicted molar refractivity (Wildman–Crippen MR) is 89.7 cm³/mol. The van der Waals surface area contributed by atoms with Crippen LogP contribution in [-0.2, 0) is 0 Å². The Morgan fingerprint density at radius 3 is 2.80 bits per heavy atom. The Kier molecular flexibility index (Phi) is 4.62. The molecule has 2 N–H and O–H groups in total. The van der Waals surface area contributed by atoms with Crippen LogP contribution in [0.5, 0.6) is 5.88 Å². The molecule has 25 heavy (non-hydrogen) atoms. The SMILES string of the molecule is COc1nccc(C(=O)NC2CN(C(=O)c3c(C)o[nH]c3=O)C2)c1Br. The van der Waals surface area contributed by atoms with Crippen LogP contribution in [0.1, 0.15) is 26.5 Å². The van der Waals surface area contributed by atoms with Crippen LogP contribution in [0, 0.1) is 6.92 Å². The Labute approximate surface area is 150 Å². The summed E-state index contributed by atoms with van der Waals surface area (Å²) in [7, 11) is 1.46. The summed E-state index contributed by atoms with van der Waals surface area (Å²) in [4.78, 5) is 41.7. The van der Waals surface area contributed by atoms with E-state index in [1.54, 1.807) is 13.0 Å². The fraction of sp³-hybridized carbons (Fsp3) is 0.333. The number of halogens is 1. The Hall–Kier alpha value is -2.62. The fourth-order valence-corrected chi connectivity index (χ4v) is 3.11. The van der Waals surface area contributed by atoms with Crippen LogP contribution in [0.4, 0.5) is 0 Å². The van der Waals surface area contributed by atoms with Gasteiger partial charge in [0.15, 0.2) is 0 Å². The molecule has 9 nitrogen and oxygen atoms in total. The molecule has 0 aliphatic carbocycles. The number of methoxy groups -OCH3 is 1. The smallest absolute Gasteiger partial charge is 0.293 e. The molecule has 10 heteroatoms. The van der Waals surface area contributed by atoms with Gasteiger partial charge in [0.25, 0.3) is 17.4 Å². The minimum Gasteiger partial charge on any atom is -0.480 e. The van der Waals surface area contributed by atoms with E-state index in [2.05, 4.69) is 31.4 Å². The lowest BCUT2D eigenvalue weighted by molar-refractivity contribution is 0.0539. The van der Waals surface area contributed by atoms with Crippen molar-refractivity contribution in [3.05, 3.63) is 44.0 Å². The van der Waals surface area contributed by atoms with Gasteiger partial charge in [-0.2, -0.15) is 5.16 Å². The standard InChI is InChI=1S/C15H15BrN4O5/c1-7-10(13(22)19-25-7)15(23)20-5-8(6-20)18-12(21)9-3-4-17-14(24-2)11(9)16/h3-4,8H,5-6H2,1-2H3,(H,18,21)(H,19,22). The zero-order valence-corrected chi connectivity index (χ0v) is 15.0. The largest absolute Gasteiger partial charge is 0.480 e. The van der Waals surface area contributed by atoms with E-state index < -0.39 is 11.5 Å². The number of H-pyrrole nitrogens is 1. The third-order valence-electron chi connectivity index (χ3n) is 3.89. The van der Waals surface area contributed by atoms with E-state index in [4.69, 9.17) is 9.26 Å². The third-order valence-corrected chi connectivity index (χ3v) is 4.66. The normalized spacial score (nSPS) is 14.1. The number of carbonyl (C=O) groups is 2. The molecule has 0 bridgehead atoms. The highest BCUT2D eigenvalue weighted by Crippen LogP contribution is 2.26. The molecule has 2 aromatic rings. The quantitative estimate of drug-likeness (QED) is 0.765. The van der Waals surface area contributed by atoms with Gasteiger partial charge in [0.05, 0.1) is 23.2 Å². The molecule has 2 aromatic heterocycles. The van der Waals surface area contributed by atoms with Gasteiger partial charge in [-0.3, -0.25) is 14.4 Å². The van der Waals surface area contributed by atoms with Gasteiger partial charge in [0.2, 0.25) is 5.88 Å². The third kappa shape index (κ3) is 3.16. The molecule has 2 amide bonds. The van der Waals surface area contributed by atoms with Crippen LogP contribution in [0.2, 0.25) is 0 Å². The average molecular weight is 411 g/mol. The lowest BCUT2D eigenvalue weighted by Crippen LogP contribution is -2.61.